The van der Waals surface area contributed by atoms with Crippen LogP contribution in [0.15, 0.2) is 97.1 Å². The monoisotopic (exact) mass is 548 g/mol. The molecule has 5 rings (SSSR count). The molecule has 0 spiro atoms. The maximum absolute atomic E-state index is 14.0. The molecule has 1 aliphatic carbocycles. The topological polar surface area (TPSA) is 95.9 Å². The molecule has 0 saturated carbocycles. The Kier molecular flexibility index (Phi) is 8.44. The number of ether oxygens (including phenoxy) is 1. The van der Waals surface area contributed by atoms with Crippen molar-refractivity contribution in [2.45, 2.75) is 31.8 Å². The van der Waals surface area contributed by atoms with Gasteiger partial charge in [-0.15, -0.1) is 0 Å². The largest absolute Gasteiger partial charge is 0.497 e. The van der Waals surface area contributed by atoms with Gasteiger partial charge in [0.05, 0.1) is 19.6 Å². The average Bonchev–Trinajstić information content (AvgIpc) is 3.41. The summed E-state index contributed by atoms with van der Waals surface area (Å²) in [6, 6.07) is 29.8. The van der Waals surface area contributed by atoms with Crippen molar-refractivity contribution in [1.82, 2.24) is 10.2 Å². The second-order valence-corrected chi connectivity index (χ2v) is 10.1. The molecule has 0 fully saturated rings. The van der Waals surface area contributed by atoms with Gasteiger partial charge in [0.15, 0.2) is 0 Å². The Balaban J connectivity index is 1.45. The first-order chi connectivity index (χ1) is 19.9. The van der Waals surface area contributed by atoms with Crippen LogP contribution in [-0.2, 0) is 17.8 Å². The molecule has 1 unspecified atom stereocenters. The van der Waals surface area contributed by atoms with Gasteiger partial charge >= 0.3 is 5.97 Å². The van der Waals surface area contributed by atoms with Gasteiger partial charge in [-0.2, -0.15) is 0 Å². The molecule has 2 amide bonds. The number of hydrogen-bond acceptors (Lipinski definition) is 4. The van der Waals surface area contributed by atoms with Crippen molar-refractivity contribution in [3.05, 3.63) is 125 Å². The zero-order valence-electron chi connectivity index (χ0n) is 22.9. The number of rotatable bonds is 10. The third-order valence-electron chi connectivity index (χ3n) is 7.47. The van der Waals surface area contributed by atoms with E-state index in [1.165, 1.54) is 10.5 Å². The fraction of sp³-hybridized carbons (Fsp3) is 0.206. The van der Waals surface area contributed by atoms with Crippen molar-refractivity contribution in [3.8, 4) is 16.9 Å². The highest BCUT2D eigenvalue weighted by Gasteiger charge is 2.26. The lowest BCUT2D eigenvalue weighted by atomic mass is 9.94. The number of carboxylic acid groups (broad SMARTS) is 1. The summed E-state index contributed by atoms with van der Waals surface area (Å²) in [5.41, 5.74) is 5.37. The van der Waals surface area contributed by atoms with E-state index in [2.05, 4.69) is 17.4 Å². The molecule has 0 aliphatic heterocycles. The van der Waals surface area contributed by atoms with E-state index >= 15 is 0 Å². The van der Waals surface area contributed by atoms with Crippen LogP contribution in [0.1, 0.15) is 56.3 Å². The van der Waals surface area contributed by atoms with Gasteiger partial charge in [0.25, 0.3) is 11.8 Å². The highest BCUT2D eigenvalue weighted by atomic mass is 16.5. The van der Waals surface area contributed by atoms with Gasteiger partial charge in [-0.1, -0.05) is 72.8 Å². The lowest BCUT2D eigenvalue weighted by molar-refractivity contribution is -0.137. The van der Waals surface area contributed by atoms with Crippen molar-refractivity contribution >= 4 is 17.8 Å². The summed E-state index contributed by atoms with van der Waals surface area (Å²) in [5.74, 6) is -0.803. The number of aryl methyl sites for hydroxylation is 1. The van der Waals surface area contributed by atoms with E-state index in [0.29, 0.717) is 28.0 Å². The Morgan fingerprint density at radius 1 is 0.854 bits per heavy atom. The standard InChI is InChI=1S/C34H32N2O5/c1-41-25-17-14-23(15-18-25)22-36(21-20-32(37)38)34(40)30-13-7-5-11-28(30)27-10-4-6-12-29(27)33(39)35-31-19-16-24-8-2-3-9-26(24)31/h2-15,17-18,31H,16,19-22H2,1H3,(H,35,39)(H,37,38). The molecule has 7 nitrogen and oxygen atoms in total. The Morgan fingerprint density at radius 2 is 1.49 bits per heavy atom. The summed E-state index contributed by atoms with van der Waals surface area (Å²) in [5, 5.41) is 12.6. The first-order valence-electron chi connectivity index (χ1n) is 13.7. The predicted molar refractivity (Wildman–Crippen MR) is 157 cm³/mol. The third kappa shape index (κ3) is 6.30. The van der Waals surface area contributed by atoms with E-state index in [9.17, 15) is 19.5 Å². The number of carbonyl (C=O) groups excluding carboxylic acids is 2. The van der Waals surface area contributed by atoms with Crippen molar-refractivity contribution < 1.29 is 24.2 Å². The number of amides is 2. The van der Waals surface area contributed by atoms with Crippen molar-refractivity contribution in [3.63, 3.8) is 0 Å². The van der Waals surface area contributed by atoms with Crippen LogP contribution in [-0.4, -0.2) is 41.4 Å². The van der Waals surface area contributed by atoms with Crippen molar-refractivity contribution in [2.24, 2.45) is 0 Å². The molecule has 0 aromatic heterocycles. The molecule has 4 aromatic rings. The minimum absolute atomic E-state index is 0.0394. The van der Waals surface area contributed by atoms with Gasteiger partial charge in [-0.25, -0.2) is 0 Å². The van der Waals surface area contributed by atoms with Crippen LogP contribution < -0.4 is 10.1 Å². The van der Waals surface area contributed by atoms with Crippen LogP contribution in [0, 0.1) is 0 Å². The maximum atomic E-state index is 14.0. The van der Waals surface area contributed by atoms with E-state index in [1.54, 1.807) is 37.4 Å². The summed E-state index contributed by atoms with van der Waals surface area (Å²) in [4.78, 5) is 40.6. The van der Waals surface area contributed by atoms with Crippen LogP contribution >= 0.6 is 0 Å². The van der Waals surface area contributed by atoms with Gasteiger partial charge in [0.2, 0.25) is 0 Å². The molecule has 1 aliphatic rings. The lowest BCUT2D eigenvalue weighted by Gasteiger charge is -2.24. The smallest absolute Gasteiger partial charge is 0.305 e. The average molecular weight is 549 g/mol. The van der Waals surface area contributed by atoms with Crippen molar-refractivity contribution in [1.29, 1.82) is 0 Å². The second-order valence-electron chi connectivity index (χ2n) is 10.1. The number of nitrogens with zero attached hydrogens (tertiary/aromatic N) is 1. The molecule has 208 valence electrons. The number of hydrogen-bond donors (Lipinski definition) is 2. The molecule has 1 atom stereocenters. The van der Waals surface area contributed by atoms with Gasteiger partial charge in [0.1, 0.15) is 5.75 Å². The molecule has 41 heavy (non-hydrogen) atoms. The Bertz CT molecular complexity index is 1560. The summed E-state index contributed by atoms with van der Waals surface area (Å²) < 4.78 is 5.23. The van der Waals surface area contributed by atoms with Gasteiger partial charge < -0.3 is 20.1 Å². The molecule has 0 radical (unpaired) electrons. The normalized spacial score (nSPS) is 13.7. The van der Waals surface area contributed by atoms with E-state index < -0.39 is 5.97 Å². The fourth-order valence-corrected chi connectivity index (χ4v) is 5.37. The van der Waals surface area contributed by atoms with Crippen molar-refractivity contribution in [2.75, 3.05) is 13.7 Å². The number of carbonyl (C=O) groups is 3. The van der Waals surface area contributed by atoms with E-state index in [4.69, 9.17) is 4.74 Å². The zero-order valence-corrected chi connectivity index (χ0v) is 22.9. The van der Waals surface area contributed by atoms with Crippen LogP contribution in [0.25, 0.3) is 11.1 Å². The molecule has 4 aromatic carbocycles. The third-order valence-corrected chi connectivity index (χ3v) is 7.47. The Hall–Kier alpha value is -4.91. The van der Waals surface area contributed by atoms with Crippen LogP contribution in [0.2, 0.25) is 0 Å². The first kappa shape index (κ1) is 27.6. The number of fused-ring (bicyclic) bond motifs is 1. The molecule has 0 bridgehead atoms. The number of methoxy groups -OCH3 is 1. The number of nitrogens with one attached hydrogen (secondary N) is 1. The van der Waals surface area contributed by atoms with E-state index in [1.807, 2.05) is 54.6 Å². The fourth-order valence-electron chi connectivity index (χ4n) is 5.37. The molecule has 7 heteroatoms. The molecular formula is C34H32N2O5. The van der Waals surface area contributed by atoms with Crippen LogP contribution in [0.4, 0.5) is 0 Å². The summed E-state index contributed by atoms with van der Waals surface area (Å²) in [6.45, 7) is 0.269. The first-order valence-corrected chi connectivity index (χ1v) is 13.7. The summed E-state index contributed by atoms with van der Waals surface area (Å²) in [6.07, 6.45) is 1.57. The maximum Gasteiger partial charge on any atom is 0.305 e. The molecular weight excluding hydrogens is 516 g/mol. The van der Waals surface area contributed by atoms with Crippen LogP contribution in [0.3, 0.4) is 0 Å². The molecule has 0 heterocycles. The Morgan fingerprint density at radius 3 is 2.20 bits per heavy atom. The SMILES string of the molecule is COc1ccc(CN(CCC(=O)O)C(=O)c2ccccc2-c2ccccc2C(=O)NC2CCc3ccccc32)cc1. The Labute approximate surface area is 239 Å². The van der Waals surface area contributed by atoms with E-state index in [-0.39, 0.29) is 37.4 Å². The molecule has 0 saturated heterocycles. The predicted octanol–water partition coefficient (Wildman–Crippen LogP) is 5.90. The quantitative estimate of drug-likeness (QED) is 0.257. The van der Waals surface area contributed by atoms with Gasteiger partial charge in [0, 0.05) is 24.2 Å². The van der Waals surface area contributed by atoms with E-state index in [0.717, 1.165) is 24.0 Å². The van der Waals surface area contributed by atoms with Gasteiger partial charge in [-0.3, -0.25) is 14.4 Å². The second kappa shape index (κ2) is 12.5. The summed E-state index contributed by atoms with van der Waals surface area (Å²) >= 11 is 0. The van der Waals surface area contributed by atoms with Crippen LogP contribution in [0.5, 0.6) is 5.75 Å². The number of aliphatic carboxylic acids is 1. The number of carboxylic acids is 1. The number of benzene rings is 4. The molecule has 2 N–H and O–H groups in total. The highest BCUT2D eigenvalue weighted by molar-refractivity contribution is 6.06. The minimum atomic E-state index is -0.985. The highest BCUT2D eigenvalue weighted by Crippen LogP contribution is 2.33. The zero-order chi connectivity index (χ0) is 28.8. The lowest BCUT2D eigenvalue weighted by Crippen LogP contribution is -2.33. The summed E-state index contributed by atoms with van der Waals surface area (Å²) in [7, 11) is 1.58. The van der Waals surface area contributed by atoms with Gasteiger partial charge in [-0.05, 0) is 64.9 Å². The minimum Gasteiger partial charge on any atom is -0.497 e.